The number of para-hydroxylation sites is 1. The van der Waals surface area contributed by atoms with Crippen LogP contribution in [0, 0.1) is 0 Å². The van der Waals surface area contributed by atoms with Gasteiger partial charge in [0.2, 0.25) is 5.91 Å². The fourth-order valence-corrected chi connectivity index (χ4v) is 3.70. The highest BCUT2D eigenvalue weighted by Crippen LogP contribution is 2.13. The molecule has 0 saturated heterocycles. The molecule has 0 aliphatic rings. The summed E-state index contributed by atoms with van der Waals surface area (Å²) in [5.74, 6) is 0.285. The van der Waals surface area contributed by atoms with Crippen LogP contribution < -0.4 is 4.74 Å². The van der Waals surface area contributed by atoms with E-state index in [1.807, 2.05) is 85.4 Å². The van der Waals surface area contributed by atoms with Gasteiger partial charge in [0.05, 0.1) is 13.1 Å². The monoisotopic (exact) mass is 477 g/mol. The first-order valence-corrected chi connectivity index (χ1v) is 12.0. The molecule has 0 aliphatic carbocycles. The van der Waals surface area contributed by atoms with Crippen molar-refractivity contribution in [3.05, 3.63) is 90.3 Å². The molecule has 3 rings (SSSR count). The quantitative estimate of drug-likeness (QED) is 0.331. The van der Waals surface area contributed by atoms with E-state index in [0.29, 0.717) is 45.0 Å². The van der Waals surface area contributed by atoms with Crippen molar-refractivity contribution in [2.45, 2.75) is 26.4 Å². The lowest BCUT2D eigenvalue weighted by molar-refractivity contribution is -0.142. The van der Waals surface area contributed by atoms with Gasteiger partial charge < -0.3 is 23.8 Å². The lowest BCUT2D eigenvalue weighted by atomic mass is 10.2. The van der Waals surface area contributed by atoms with Gasteiger partial charge in [-0.3, -0.25) is 9.59 Å². The van der Waals surface area contributed by atoms with Gasteiger partial charge in [0.15, 0.2) is 6.61 Å². The maximum atomic E-state index is 13.5. The van der Waals surface area contributed by atoms with Gasteiger partial charge in [0.1, 0.15) is 5.75 Å². The normalized spacial score (nSPS) is 10.7. The number of nitrogens with zero attached hydrogens (tertiary/aromatic N) is 3. The Bertz CT molecular complexity index is 1040. The van der Waals surface area contributed by atoms with Crippen molar-refractivity contribution in [3.63, 3.8) is 0 Å². The zero-order chi connectivity index (χ0) is 24.9. The minimum atomic E-state index is -0.225. The topological polar surface area (TPSA) is 64.0 Å². The Kier molecular flexibility index (Phi) is 10.4. The molecule has 7 nitrogen and oxygen atoms in total. The van der Waals surface area contributed by atoms with E-state index in [1.54, 1.807) is 21.9 Å². The molecule has 0 unspecified atom stereocenters. The Morgan fingerprint density at radius 2 is 1.57 bits per heavy atom. The van der Waals surface area contributed by atoms with Crippen LogP contribution in [-0.2, 0) is 34.5 Å². The summed E-state index contributed by atoms with van der Waals surface area (Å²) < 4.78 is 13.1. The molecule has 186 valence electrons. The summed E-state index contributed by atoms with van der Waals surface area (Å²) in [5, 5.41) is 0. The Hall–Kier alpha value is -3.58. The molecule has 0 N–H and O–H groups in total. The second kappa shape index (κ2) is 14.0. The van der Waals surface area contributed by atoms with E-state index in [0.717, 1.165) is 11.3 Å². The van der Waals surface area contributed by atoms with Crippen LogP contribution in [0.15, 0.2) is 79.0 Å². The molecule has 0 aliphatic heterocycles. The lowest BCUT2D eigenvalue weighted by Crippen LogP contribution is -2.44. The minimum Gasteiger partial charge on any atom is -0.484 e. The van der Waals surface area contributed by atoms with Crippen LogP contribution in [0.4, 0.5) is 0 Å². The number of benzene rings is 2. The Morgan fingerprint density at radius 1 is 0.857 bits per heavy atom. The number of aryl methyl sites for hydroxylation is 1. The zero-order valence-electron chi connectivity index (χ0n) is 20.6. The summed E-state index contributed by atoms with van der Waals surface area (Å²) in [6.07, 6.45) is 2.61. The number of hydrogen-bond donors (Lipinski definition) is 0. The fourth-order valence-electron chi connectivity index (χ4n) is 3.70. The largest absolute Gasteiger partial charge is 0.484 e. The third-order valence-corrected chi connectivity index (χ3v) is 5.68. The number of ether oxygens (including phenoxy) is 2. The summed E-state index contributed by atoms with van der Waals surface area (Å²) in [6.45, 7) is 4.29. The van der Waals surface area contributed by atoms with Crippen LogP contribution >= 0.6 is 0 Å². The summed E-state index contributed by atoms with van der Waals surface area (Å²) in [7, 11) is 1.96. The first kappa shape index (κ1) is 26.0. The molecular weight excluding hydrogens is 442 g/mol. The second-order valence-corrected chi connectivity index (χ2v) is 8.31. The summed E-state index contributed by atoms with van der Waals surface area (Å²) in [6, 6.07) is 23.1. The third kappa shape index (κ3) is 8.61. The van der Waals surface area contributed by atoms with E-state index in [1.165, 1.54) is 0 Å². The van der Waals surface area contributed by atoms with E-state index in [-0.39, 0.29) is 25.0 Å². The molecule has 0 atom stereocenters. The fraction of sp³-hybridized carbons (Fsp3) is 0.357. The molecule has 35 heavy (non-hydrogen) atoms. The van der Waals surface area contributed by atoms with Gasteiger partial charge in [-0.15, -0.1) is 0 Å². The molecule has 2 aromatic carbocycles. The summed E-state index contributed by atoms with van der Waals surface area (Å²) in [5.41, 5.74) is 2.06. The Labute approximate surface area is 207 Å². The highest BCUT2D eigenvalue weighted by atomic mass is 16.5. The highest BCUT2D eigenvalue weighted by molar-refractivity contribution is 5.85. The van der Waals surface area contributed by atoms with E-state index in [2.05, 4.69) is 0 Å². The average Bonchev–Trinajstić information content (AvgIpc) is 3.29. The molecule has 1 aromatic heterocycles. The Morgan fingerprint density at radius 3 is 2.23 bits per heavy atom. The average molecular weight is 478 g/mol. The molecule has 0 spiro atoms. The third-order valence-electron chi connectivity index (χ3n) is 5.68. The van der Waals surface area contributed by atoms with Gasteiger partial charge in [-0.2, -0.15) is 0 Å². The van der Waals surface area contributed by atoms with Crippen molar-refractivity contribution in [1.82, 2.24) is 14.4 Å². The van der Waals surface area contributed by atoms with Gasteiger partial charge in [0.25, 0.3) is 5.91 Å². The molecule has 0 fully saturated rings. The van der Waals surface area contributed by atoms with Gasteiger partial charge in [-0.1, -0.05) is 48.5 Å². The first-order chi connectivity index (χ1) is 17.1. The second-order valence-electron chi connectivity index (χ2n) is 8.31. The minimum absolute atomic E-state index is 0.0135. The SMILES string of the molecule is CCOCCCN(CC(=O)N(Cc1ccccc1)Cc1cccn1C)C(=O)COc1ccccc1. The summed E-state index contributed by atoms with van der Waals surface area (Å²) in [4.78, 5) is 29.9. The number of hydrogen-bond acceptors (Lipinski definition) is 4. The maximum Gasteiger partial charge on any atom is 0.260 e. The number of carbonyl (C=O) groups excluding carboxylic acids is 2. The number of amides is 2. The van der Waals surface area contributed by atoms with E-state index in [9.17, 15) is 9.59 Å². The van der Waals surface area contributed by atoms with Crippen LogP contribution in [0.5, 0.6) is 5.75 Å². The van der Waals surface area contributed by atoms with Crippen LogP contribution in [0.3, 0.4) is 0 Å². The smallest absolute Gasteiger partial charge is 0.260 e. The molecule has 2 amide bonds. The predicted molar refractivity (Wildman–Crippen MR) is 136 cm³/mol. The van der Waals surface area contributed by atoms with Crippen LogP contribution in [0.2, 0.25) is 0 Å². The van der Waals surface area contributed by atoms with Crippen LogP contribution in [-0.4, -0.2) is 59.1 Å². The zero-order valence-corrected chi connectivity index (χ0v) is 20.6. The highest BCUT2D eigenvalue weighted by Gasteiger charge is 2.22. The van der Waals surface area contributed by atoms with Crippen molar-refractivity contribution in [2.24, 2.45) is 7.05 Å². The Balaban J connectivity index is 1.70. The van der Waals surface area contributed by atoms with Crippen molar-refractivity contribution in [2.75, 3.05) is 32.9 Å². The van der Waals surface area contributed by atoms with Crippen molar-refractivity contribution in [3.8, 4) is 5.75 Å². The standard InChI is InChI=1S/C28H35N3O4/c1-3-34-19-11-18-30(28(33)23-35-26-15-8-5-9-16-26)22-27(32)31(20-24-12-6-4-7-13-24)21-25-14-10-17-29(25)2/h4-10,12-17H,3,11,18-23H2,1-2H3. The van der Waals surface area contributed by atoms with Crippen molar-refractivity contribution >= 4 is 11.8 Å². The lowest BCUT2D eigenvalue weighted by Gasteiger charge is -2.28. The molecule has 0 radical (unpaired) electrons. The molecule has 0 bridgehead atoms. The molecule has 3 aromatic rings. The van der Waals surface area contributed by atoms with Gasteiger partial charge >= 0.3 is 0 Å². The number of carbonyl (C=O) groups is 2. The van der Waals surface area contributed by atoms with E-state index >= 15 is 0 Å². The number of rotatable bonds is 14. The predicted octanol–water partition coefficient (Wildman–Crippen LogP) is 3.89. The molecule has 1 heterocycles. The van der Waals surface area contributed by atoms with E-state index < -0.39 is 0 Å². The molecule has 7 heteroatoms. The maximum absolute atomic E-state index is 13.5. The van der Waals surface area contributed by atoms with Gasteiger partial charge in [-0.25, -0.2) is 0 Å². The van der Waals surface area contributed by atoms with E-state index in [4.69, 9.17) is 9.47 Å². The first-order valence-electron chi connectivity index (χ1n) is 12.0. The number of aromatic nitrogens is 1. The van der Waals surface area contributed by atoms with Crippen molar-refractivity contribution < 1.29 is 19.1 Å². The van der Waals surface area contributed by atoms with Gasteiger partial charge in [-0.05, 0) is 43.2 Å². The van der Waals surface area contributed by atoms with Crippen LogP contribution in [0.25, 0.3) is 0 Å². The van der Waals surface area contributed by atoms with Crippen LogP contribution in [0.1, 0.15) is 24.6 Å². The summed E-state index contributed by atoms with van der Waals surface area (Å²) >= 11 is 0. The van der Waals surface area contributed by atoms with Crippen molar-refractivity contribution in [1.29, 1.82) is 0 Å². The molecular formula is C28H35N3O4. The molecule has 0 saturated carbocycles. The van der Waals surface area contributed by atoms with Gasteiger partial charge in [0, 0.05) is 45.2 Å².